The van der Waals surface area contributed by atoms with E-state index in [0.717, 1.165) is 6.20 Å². The van der Waals surface area contributed by atoms with Gasteiger partial charge in [0.2, 0.25) is 11.7 Å². The number of halogens is 1. The van der Waals surface area contributed by atoms with Crippen LogP contribution in [0.4, 0.5) is 4.39 Å². The molecule has 2 aromatic rings. The van der Waals surface area contributed by atoms with Crippen molar-refractivity contribution in [3.8, 4) is 11.5 Å². The van der Waals surface area contributed by atoms with E-state index in [9.17, 15) is 9.18 Å². The highest BCUT2D eigenvalue weighted by molar-refractivity contribution is 5.84. The smallest absolute Gasteiger partial charge is 0.237 e. The molecule has 0 amide bonds. The minimum absolute atomic E-state index is 0.0252. The van der Waals surface area contributed by atoms with E-state index in [4.69, 9.17) is 4.52 Å². The molecule has 1 unspecified atom stereocenters. The monoisotopic (exact) mass is 249 g/mol. The summed E-state index contributed by atoms with van der Waals surface area (Å²) in [7, 11) is 0. The highest BCUT2D eigenvalue weighted by Gasteiger charge is 2.21. The molecule has 2 heterocycles. The summed E-state index contributed by atoms with van der Waals surface area (Å²) < 4.78 is 17.7. The minimum Gasteiger partial charge on any atom is -0.338 e. The van der Waals surface area contributed by atoms with Crippen LogP contribution in [0.25, 0.3) is 11.5 Å². The number of Topliss-reactive ketones (excluding diaryl/α,β-unsaturated/α-hetero) is 1. The van der Waals surface area contributed by atoms with E-state index in [-0.39, 0.29) is 17.5 Å². The Hall–Kier alpha value is -2.11. The molecule has 0 aliphatic rings. The predicted molar refractivity (Wildman–Crippen MR) is 61.2 cm³/mol. The first kappa shape index (κ1) is 12.3. The van der Waals surface area contributed by atoms with Gasteiger partial charge in [-0.2, -0.15) is 4.98 Å². The van der Waals surface area contributed by atoms with Crippen molar-refractivity contribution in [2.24, 2.45) is 0 Å². The van der Waals surface area contributed by atoms with Gasteiger partial charge in [0, 0.05) is 6.42 Å². The molecular formula is C12H12FN3O2. The van der Waals surface area contributed by atoms with Crippen molar-refractivity contribution in [1.82, 2.24) is 15.1 Å². The first-order valence-electron chi connectivity index (χ1n) is 5.60. The van der Waals surface area contributed by atoms with Crippen LogP contribution in [-0.4, -0.2) is 20.9 Å². The van der Waals surface area contributed by atoms with Crippen LogP contribution < -0.4 is 0 Å². The van der Waals surface area contributed by atoms with E-state index >= 15 is 0 Å². The van der Waals surface area contributed by atoms with Crippen molar-refractivity contribution < 1.29 is 13.7 Å². The van der Waals surface area contributed by atoms with E-state index in [1.807, 2.05) is 0 Å². The Morgan fingerprint density at radius 2 is 2.28 bits per heavy atom. The lowest BCUT2D eigenvalue weighted by Crippen LogP contribution is -2.07. The number of nitrogens with zero attached hydrogens (tertiary/aromatic N) is 3. The molecule has 1 atom stereocenters. The van der Waals surface area contributed by atoms with Gasteiger partial charge in [0.25, 0.3) is 0 Å². The minimum atomic E-state index is -0.434. The van der Waals surface area contributed by atoms with Gasteiger partial charge in [-0.25, -0.2) is 9.37 Å². The zero-order valence-corrected chi connectivity index (χ0v) is 10.1. The van der Waals surface area contributed by atoms with E-state index in [2.05, 4.69) is 15.1 Å². The second-order valence-corrected chi connectivity index (χ2v) is 3.86. The van der Waals surface area contributed by atoms with Crippen LogP contribution in [-0.2, 0) is 4.79 Å². The number of pyridine rings is 1. The zero-order chi connectivity index (χ0) is 13.1. The van der Waals surface area contributed by atoms with Crippen LogP contribution >= 0.6 is 0 Å². The van der Waals surface area contributed by atoms with Gasteiger partial charge >= 0.3 is 0 Å². The predicted octanol–water partition coefficient (Wildman–Crippen LogP) is 2.35. The van der Waals surface area contributed by atoms with E-state index in [1.54, 1.807) is 13.8 Å². The first-order chi connectivity index (χ1) is 8.61. The second kappa shape index (κ2) is 5.03. The maximum absolute atomic E-state index is 12.7. The standard InChI is InChI=1S/C12H12FN3O2/c1-3-10(17)7(2)12-15-11(16-18-12)9-5-4-8(13)6-14-9/h4-7H,3H2,1-2H3. The van der Waals surface area contributed by atoms with Gasteiger partial charge in [0.15, 0.2) is 0 Å². The number of aromatic nitrogens is 3. The average Bonchev–Trinajstić information content (AvgIpc) is 2.87. The van der Waals surface area contributed by atoms with Gasteiger partial charge in [-0.1, -0.05) is 12.1 Å². The summed E-state index contributed by atoms with van der Waals surface area (Å²) in [5.41, 5.74) is 0.405. The first-order valence-corrected chi connectivity index (χ1v) is 5.60. The lowest BCUT2D eigenvalue weighted by Gasteiger charge is -2.01. The van der Waals surface area contributed by atoms with Crippen LogP contribution in [0.15, 0.2) is 22.9 Å². The highest BCUT2D eigenvalue weighted by atomic mass is 19.1. The summed E-state index contributed by atoms with van der Waals surface area (Å²) in [5, 5.41) is 3.73. The van der Waals surface area contributed by atoms with E-state index < -0.39 is 11.7 Å². The maximum atomic E-state index is 12.7. The normalized spacial score (nSPS) is 12.4. The highest BCUT2D eigenvalue weighted by Crippen LogP contribution is 2.19. The largest absolute Gasteiger partial charge is 0.338 e. The molecular weight excluding hydrogens is 237 g/mol. The fourth-order valence-electron chi connectivity index (χ4n) is 1.47. The summed E-state index contributed by atoms with van der Waals surface area (Å²) in [5.74, 6) is -0.338. The molecule has 94 valence electrons. The molecule has 0 spiro atoms. The third-order valence-electron chi connectivity index (χ3n) is 2.60. The third-order valence-corrected chi connectivity index (χ3v) is 2.60. The average molecular weight is 249 g/mol. The van der Waals surface area contributed by atoms with Gasteiger partial charge in [0.05, 0.1) is 12.1 Å². The van der Waals surface area contributed by atoms with Crippen molar-refractivity contribution in [2.45, 2.75) is 26.2 Å². The Labute approximate surface area is 103 Å². The fourth-order valence-corrected chi connectivity index (χ4v) is 1.47. The van der Waals surface area contributed by atoms with Gasteiger partial charge in [-0.05, 0) is 19.1 Å². The van der Waals surface area contributed by atoms with E-state index in [1.165, 1.54) is 12.1 Å². The molecule has 0 fully saturated rings. The van der Waals surface area contributed by atoms with Crippen LogP contribution in [0.5, 0.6) is 0 Å². The number of carbonyl (C=O) groups excluding carboxylic acids is 1. The van der Waals surface area contributed by atoms with Crippen molar-refractivity contribution >= 4 is 5.78 Å². The molecule has 0 bridgehead atoms. The molecule has 2 rings (SSSR count). The van der Waals surface area contributed by atoms with Crippen molar-refractivity contribution in [3.05, 3.63) is 30.0 Å². The van der Waals surface area contributed by atoms with Crippen molar-refractivity contribution in [3.63, 3.8) is 0 Å². The Bertz CT molecular complexity index is 551. The zero-order valence-electron chi connectivity index (χ0n) is 10.1. The quantitative estimate of drug-likeness (QED) is 0.831. The SMILES string of the molecule is CCC(=O)C(C)c1nc(-c2ccc(F)cn2)no1. The molecule has 0 aliphatic heterocycles. The van der Waals surface area contributed by atoms with Gasteiger partial charge in [-0.15, -0.1) is 0 Å². The summed E-state index contributed by atoms with van der Waals surface area (Å²) in [6.07, 6.45) is 1.49. The van der Waals surface area contributed by atoms with Crippen LogP contribution in [0.3, 0.4) is 0 Å². The fraction of sp³-hybridized carbons (Fsp3) is 0.333. The summed E-state index contributed by atoms with van der Waals surface area (Å²) >= 11 is 0. The number of carbonyl (C=O) groups is 1. The molecule has 0 aliphatic carbocycles. The molecule has 5 nitrogen and oxygen atoms in total. The second-order valence-electron chi connectivity index (χ2n) is 3.86. The van der Waals surface area contributed by atoms with Crippen LogP contribution in [0, 0.1) is 5.82 Å². The molecule has 18 heavy (non-hydrogen) atoms. The lowest BCUT2D eigenvalue weighted by atomic mass is 10.1. The van der Waals surface area contributed by atoms with Crippen LogP contribution in [0.1, 0.15) is 32.1 Å². The van der Waals surface area contributed by atoms with E-state index in [0.29, 0.717) is 12.1 Å². The molecule has 0 saturated carbocycles. The van der Waals surface area contributed by atoms with Gasteiger partial charge in [0.1, 0.15) is 17.3 Å². The third kappa shape index (κ3) is 2.42. The summed E-state index contributed by atoms with van der Waals surface area (Å²) in [6, 6.07) is 2.72. The Kier molecular flexibility index (Phi) is 3.45. The topological polar surface area (TPSA) is 68.9 Å². The maximum Gasteiger partial charge on any atom is 0.237 e. The van der Waals surface area contributed by atoms with Crippen LogP contribution in [0.2, 0.25) is 0 Å². The van der Waals surface area contributed by atoms with Crippen molar-refractivity contribution in [2.75, 3.05) is 0 Å². The number of hydrogen-bond donors (Lipinski definition) is 0. The van der Waals surface area contributed by atoms with Gasteiger partial charge < -0.3 is 4.52 Å². The van der Waals surface area contributed by atoms with Gasteiger partial charge in [-0.3, -0.25) is 4.79 Å². The summed E-state index contributed by atoms with van der Waals surface area (Å²) in [6.45, 7) is 3.48. The molecule has 0 radical (unpaired) electrons. The number of rotatable bonds is 4. The molecule has 0 N–H and O–H groups in total. The Balaban J connectivity index is 2.25. The molecule has 6 heteroatoms. The Morgan fingerprint density at radius 3 is 2.89 bits per heavy atom. The Morgan fingerprint density at radius 1 is 1.50 bits per heavy atom. The summed E-state index contributed by atoms with van der Waals surface area (Å²) in [4.78, 5) is 19.4. The number of hydrogen-bond acceptors (Lipinski definition) is 5. The van der Waals surface area contributed by atoms with Crippen molar-refractivity contribution in [1.29, 1.82) is 0 Å². The lowest BCUT2D eigenvalue weighted by molar-refractivity contribution is -0.120. The molecule has 2 aromatic heterocycles. The molecule has 0 aromatic carbocycles. The number of ketones is 1. The molecule has 0 saturated heterocycles.